The Morgan fingerprint density at radius 3 is 2.31 bits per heavy atom. The molecular weight excluding hydrogens is 366 g/mol. The lowest BCUT2D eigenvalue weighted by atomic mass is 10.1. The minimum Gasteiger partial charge on any atom is -0.341 e. The van der Waals surface area contributed by atoms with Gasteiger partial charge in [-0.15, -0.1) is 0 Å². The Morgan fingerprint density at radius 2 is 1.62 bits per heavy atom. The van der Waals surface area contributed by atoms with E-state index in [-0.39, 0.29) is 17.7 Å². The quantitative estimate of drug-likeness (QED) is 0.868. The van der Waals surface area contributed by atoms with Gasteiger partial charge in [0.05, 0.1) is 6.42 Å². The van der Waals surface area contributed by atoms with Crippen molar-refractivity contribution >= 4 is 23.4 Å². The van der Waals surface area contributed by atoms with Gasteiger partial charge in [-0.1, -0.05) is 29.8 Å². The third-order valence-electron chi connectivity index (χ3n) is 5.03. The predicted octanol–water partition coefficient (Wildman–Crippen LogP) is 2.87. The fourth-order valence-corrected chi connectivity index (χ4v) is 3.53. The topological polar surface area (TPSA) is 69.7 Å². The van der Waals surface area contributed by atoms with Gasteiger partial charge in [-0.05, 0) is 43.2 Å². The van der Waals surface area contributed by atoms with Crippen molar-refractivity contribution in [1.82, 2.24) is 9.80 Å². The molecule has 6 nitrogen and oxygen atoms in total. The summed E-state index contributed by atoms with van der Waals surface area (Å²) in [5.74, 6) is -0.0400. The second-order valence-corrected chi connectivity index (χ2v) is 7.45. The predicted molar refractivity (Wildman–Crippen MR) is 113 cm³/mol. The summed E-state index contributed by atoms with van der Waals surface area (Å²) in [6, 6.07) is 14.9. The molecule has 0 spiro atoms. The number of anilines is 1. The molecule has 152 valence electrons. The van der Waals surface area contributed by atoms with Gasteiger partial charge in [-0.3, -0.25) is 14.4 Å². The van der Waals surface area contributed by atoms with E-state index < -0.39 is 0 Å². The molecule has 0 saturated carbocycles. The van der Waals surface area contributed by atoms with Crippen LogP contribution in [0.15, 0.2) is 48.5 Å². The SMILES string of the molecule is CC(=O)Nc1ccc(CC(=O)N2CCCN(C(=O)c3cccc(C)c3)CC2)cc1. The first-order valence-corrected chi connectivity index (χ1v) is 9.92. The summed E-state index contributed by atoms with van der Waals surface area (Å²) in [7, 11) is 0. The van der Waals surface area contributed by atoms with E-state index in [1.54, 1.807) is 12.1 Å². The number of carbonyl (C=O) groups excluding carboxylic acids is 3. The van der Waals surface area contributed by atoms with E-state index >= 15 is 0 Å². The molecule has 1 heterocycles. The summed E-state index contributed by atoms with van der Waals surface area (Å²) < 4.78 is 0. The number of carbonyl (C=O) groups is 3. The highest BCUT2D eigenvalue weighted by molar-refractivity contribution is 5.94. The number of benzene rings is 2. The minimum absolute atomic E-state index is 0.0246. The van der Waals surface area contributed by atoms with E-state index in [2.05, 4.69) is 5.32 Å². The van der Waals surface area contributed by atoms with Crippen LogP contribution in [0.3, 0.4) is 0 Å². The van der Waals surface area contributed by atoms with Crippen LogP contribution in [0.5, 0.6) is 0 Å². The molecule has 1 fully saturated rings. The highest BCUT2D eigenvalue weighted by Gasteiger charge is 2.23. The van der Waals surface area contributed by atoms with Crippen LogP contribution in [0.25, 0.3) is 0 Å². The average Bonchev–Trinajstić information content (AvgIpc) is 2.95. The number of hydrogen-bond donors (Lipinski definition) is 1. The van der Waals surface area contributed by atoms with E-state index in [1.807, 2.05) is 53.1 Å². The smallest absolute Gasteiger partial charge is 0.253 e. The van der Waals surface area contributed by atoms with Crippen molar-refractivity contribution in [3.63, 3.8) is 0 Å². The van der Waals surface area contributed by atoms with Crippen LogP contribution in [-0.4, -0.2) is 53.7 Å². The first kappa shape index (κ1) is 20.6. The summed E-state index contributed by atoms with van der Waals surface area (Å²) in [6.07, 6.45) is 1.08. The molecule has 1 saturated heterocycles. The van der Waals surface area contributed by atoms with Crippen LogP contribution in [0.1, 0.15) is 34.8 Å². The monoisotopic (exact) mass is 393 g/mol. The van der Waals surface area contributed by atoms with Crippen LogP contribution >= 0.6 is 0 Å². The minimum atomic E-state index is -0.122. The normalized spacial score (nSPS) is 14.3. The van der Waals surface area contributed by atoms with Crippen LogP contribution in [0, 0.1) is 6.92 Å². The van der Waals surface area contributed by atoms with Crippen molar-refractivity contribution in [3.8, 4) is 0 Å². The van der Waals surface area contributed by atoms with Gasteiger partial charge < -0.3 is 15.1 Å². The Balaban J connectivity index is 1.56. The van der Waals surface area contributed by atoms with Crippen molar-refractivity contribution in [2.75, 3.05) is 31.5 Å². The molecule has 0 aromatic heterocycles. The highest BCUT2D eigenvalue weighted by Crippen LogP contribution is 2.14. The summed E-state index contributed by atoms with van der Waals surface area (Å²) in [6.45, 7) is 5.83. The van der Waals surface area contributed by atoms with Crippen LogP contribution in [-0.2, 0) is 16.0 Å². The molecule has 0 bridgehead atoms. The van der Waals surface area contributed by atoms with E-state index in [1.165, 1.54) is 6.92 Å². The summed E-state index contributed by atoms with van der Waals surface area (Å²) >= 11 is 0. The number of rotatable bonds is 4. The van der Waals surface area contributed by atoms with Crippen molar-refractivity contribution in [2.45, 2.75) is 26.7 Å². The van der Waals surface area contributed by atoms with E-state index in [0.29, 0.717) is 43.9 Å². The lowest BCUT2D eigenvalue weighted by Crippen LogP contribution is -2.38. The number of hydrogen-bond acceptors (Lipinski definition) is 3. The zero-order valence-corrected chi connectivity index (χ0v) is 17.0. The zero-order chi connectivity index (χ0) is 20.8. The van der Waals surface area contributed by atoms with Crippen LogP contribution in [0.4, 0.5) is 5.69 Å². The van der Waals surface area contributed by atoms with E-state index in [4.69, 9.17) is 0 Å². The summed E-state index contributed by atoms with van der Waals surface area (Å²) in [4.78, 5) is 40.3. The lowest BCUT2D eigenvalue weighted by Gasteiger charge is -2.22. The van der Waals surface area contributed by atoms with Gasteiger partial charge in [0.2, 0.25) is 11.8 Å². The van der Waals surface area contributed by atoms with Gasteiger partial charge in [-0.25, -0.2) is 0 Å². The van der Waals surface area contributed by atoms with Crippen molar-refractivity contribution in [2.24, 2.45) is 0 Å². The van der Waals surface area contributed by atoms with Gasteiger partial charge in [-0.2, -0.15) is 0 Å². The maximum atomic E-state index is 12.8. The molecule has 2 aromatic rings. The maximum Gasteiger partial charge on any atom is 0.253 e. The van der Waals surface area contributed by atoms with Gasteiger partial charge in [0.25, 0.3) is 5.91 Å². The molecule has 0 atom stereocenters. The van der Waals surface area contributed by atoms with Gasteiger partial charge in [0, 0.05) is 44.4 Å². The number of nitrogens with zero attached hydrogens (tertiary/aromatic N) is 2. The van der Waals surface area contributed by atoms with Crippen molar-refractivity contribution in [3.05, 3.63) is 65.2 Å². The zero-order valence-electron chi connectivity index (χ0n) is 17.0. The highest BCUT2D eigenvalue weighted by atomic mass is 16.2. The Kier molecular flexibility index (Phi) is 6.65. The Bertz CT molecular complexity index is 892. The third-order valence-corrected chi connectivity index (χ3v) is 5.03. The number of nitrogens with one attached hydrogen (secondary N) is 1. The standard InChI is InChI=1S/C23H27N3O3/c1-17-5-3-6-20(15-17)23(29)26-12-4-11-25(13-14-26)22(28)16-19-7-9-21(10-8-19)24-18(2)27/h3,5-10,15H,4,11-14,16H2,1-2H3,(H,24,27). The molecule has 29 heavy (non-hydrogen) atoms. The summed E-state index contributed by atoms with van der Waals surface area (Å²) in [5, 5.41) is 2.72. The fraction of sp³-hybridized carbons (Fsp3) is 0.348. The maximum absolute atomic E-state index is 12.8. The fourth-order valence-electron chi connectivity index (χ4n) is 3.53. The van der Waals surface area contributed by atoms with Gasteiger partial charge in [0.1, 0.15) is 0 Å². The first-order chi connectivity index (χ1) is 13.9. The molecule has 6 heteroatoms. The van der Waals surface area contributed by atoms with E-state index in [9.17, 15) is 14.4 Å². The molecule has 2 aromatic carbocycles. The number of amides is 3. The van der Waals surface area contributed by atoms with Gasteiger partial charge in [0.15, 0.2) is 0 Å². The second-order valence-electron chi connectivity index (χ2n) is 7.45. The van der Waals surface area contributed by atoms with Gasteiger partial charge >= 0.3 is 0 Å². The van der Waals surface area contributed by atoms with Crippen LogP contribution < -0.4 is 5.32 Å². The average molecular weight is 393 g/mol. The first-order valence-electron chi connectivity index (χ1n) is 9.92. The molecule has 1 aliphatic rings. The Labute approximate surface area is 171 Å². The largest absolute Gasteiger partial charge is 0.341 e. The Hall–Kier alpha value is -3.15. The molecular formula is C23H27N3O3. The van der Waals surface area contributed by atoms with Crippen molar-refractivity contribution < 1.29 is 14.4 Å². The number of aryl methyl sites for hydroxylation is 1. The molecule has 3 rings (SSSR count). The second kappa shape index (κ2) is 9.37. The molecule has 0 aliphatic carbocycles. The molecule has 0 unspecified atom stereocenters. The molecule has 0 radical (unpaired) electrons. The molecule has 1 aliphatic heterocycles. The lowest BCUT2D eigenvalue weighted by molar-refractivity contribution is -0.130. The van der Waals surface area contributed by atoms with Crippen molar-refractivity contribution in [1.29, 1.82) is 0 Å². The van der Waals surface area contributed by atoms with E-state index in [0.717, 1.165) is 17.5 Å². The summed E-state index contributed by atoms with van der Waals surface area (Å²) in [5.41, 5.74) is 3.38. The van der Waals surface area contributed by atoms with Crippen LogP contribution in [0.2, 0.25) is 0 Å². The third kappa shape index (κ3) is 5.67. The molecule has 1 N–H and O–H groups in total. The molecule has 3 amide bonds. The Morgan fingerprint density at radius 1 is 0.931 bits per heavy atom.